The van der Waals surface area contributed by atoms with Gasteiger partial charge in [0.2, 0.25) is 0 Å². The van der Waals surface area contributed by atoms with Crippen LogP contribution in [0.4, 0.5) is 5.69 Å². The van der Waals surface area contributed by atoms with Gasteiger partial charge >= 0.3 is 0 Å². The molecule has 0 unspecified atom stereocenters. The van der Waals surface area contributed by atoms with E-state index in [0.29, 0.717) is 6.04 Å². The SMILES string of the molecule is C=C1C(=C)C(NC2CC2)=C1Nc1cnc(C)c(C)c1. The third kappa shape index (κ3) is 2.16. The maximum absolute atomic E-state index is 4.37. The van der Waals surface area contributed by atoms with E-state index in [1.54, 1.807) is 0 Å². The van der Waals surface area contributed by atoms with Crippen LogP contribution in [-0.4, -0.2) is 11.0 Å². The van der Waals surface area contributed by atoms with Gasteiger partial charge < -0.3 is 10.6 Å². The second-order valence-corrected chi connectivity index (χ2v) is 5.38. The van der Waals surface area contributed by atoms with Crippen molar-refractivity contribution in [2.24, 2.45) is 0 Å². The van der Waals surface area contributed by atoms with Gasteiger partial charge in [-0.25, -0.2) is 0 Å². The number of rotatable bonds is 4. The van der Waals surface area contributed by atoms with Crippen LogP contribution in [0.5, 0.6) is 0 Å². The molecule has 0 saturated heterocycles. The molecule has 98 valence electrons. The van der Waals surface area contributed by atoms with Gasteiger partial charge in [-0.2, -0.15) is 0 Å². The van der Waals surface area contributed by atoms with Crippen LogP contribution < -0.4 is 10.6 Å². The van der Waals surface area contributed by atoms with Crippen molar-refractivity contribution >= 4 is 5.69 Å². The molecule has 2 N–H and O–H groups in total. The van der Waals surface area contributed by atoms with Gasteiger partial charge in [0.15, 0.2) is 0 Å². The fraction of sp³-hybridized carbons (Fsp3) is 0.312. The minimum absolute atomic E-state index is 0.620. The Hall–Kier alpha value is -2.03. The molecular formula is C16H19N3. The van der Waals surface area contributed by atoms with Crippen molar-refractivity contribution in [2.45, 2.75) is 32.7 Å². The van der Waals surface area contributed by atoms with Gasteiger partial charge in [-0.05, 0) is 38.3 Å². The molecule has 0 amide bonds. The molecule has 0 radical (unpaired) electrons. The summed E-state index contributed by atoms with van der Waals surface area (Å²) in [4.78, 5) is 4.37. The van der Waals surface area contributed by atoms with Gasteiger partial charge in [0.05, 0.1) is 23.3 Å². The van der Waals surface area contributed by atoms with E-state index in [1.165, 1.54) is 18.4 Å². The first-order chi connectivity index (χ1) is 9.06. The highest BCUT2D eigenvalue weighted by molar-refractivity contribution is 5.72. The lowest BCUT2D eigenvalue weighted by Gasteiger charge is -2.31. The van der Waals surface area contributed by atoms with E-state index in [1.807, 2.05) is 13.1 Å². The number of aryl methyl sites for hydroxylation is 2. The smallest absolute Gasteiger partial charge is 0.0700 e. The van der Waals surface area contributed by atoms with Crippen LogP contribution in [0, 0.1) is 13.8 Å². The molecule has 2 aliphatic rings. The van der Waals surface area contributed by atoms with Crippen LogP contribution in [0.1, 0.15) is 24.1 Å². The molecule has 0 bridgehead atoms. The van der Waals surface area contributed by atoms with Crippen molar-refractivity contribution in [3.63, 3.8) is 0 Å². The van der Waals surface area contributed by atoms with E-state index in [2.05, 4.69) is 41.8 Å². The molecule has 0 aromatic carbocycles. The second kappa shape index (κ2) is 4.26. The lowest BCUT2D eigenvalue weighted by molar-refractivity contribution is 0.789. The molecule has 0 atom stereocenters. The Morgan fingerprint density at radius 1 is 1.16 bits per heavy atom. The first kappa shape index (κ1) is 12.0. The van der Waals surface area contributed by atoms with Crippen molar-refractivity contribution in [1.82, 2.24) is 10.3 Å². The van der Waals surface area contributed by atoms with Gasteiger partial charge in [0, 0.05) is 22.9 Å². The predicted molar refractivity (Wildman–Crippen MR) is 78.8 cm³/mol. The lowest BCUT2D eigenvalue weighted by atomic mass is 9.89. The number of allylic oxidation sites excluding steroid dienone is 2. The van der Waals surface area contributed by atoms with Crippen LogP contribution in [0.2, 0.25) is 0 Å². The zero-order chi connectivity index (χ0) is 13.6. The van der Waals surface area contributed by atoms with E-state index >= 15 is 0 Å². The normalized spacial score (nSPS) is 18.4. The maximum atomic E-state index is 4.37. The summed E-state index contributed by atoms with van der Waals surface area (Å²) in [6.45, 7) is 12.2. The van der Waals surface area contributed by atoms with E-state index in [4.69, 9.17) is 0 Å². The first-order valence-electron chi connectivity index (χ1n) is 6.66. The molecule has 0 spiro atoms. The maximum Gasteiger partial charge on any atom is 0.0700 e. The molecule has 3 heteroatoms. The average molecular weight is 253 g/mol. The van der Waals surface area contributed by atoms with Gasteiger partial charge in [-0.3, -0.25) is 4.98 Å². The Labute approximate surface area is 114 Å². The number of nitrogens with zero attached hydrogens (tertiary/aromatic N) is 1. The Morgan fingerprint density at radius 2 is 1.84 bits per heavy atom. The van der Waals surface area contributed by atoms with E-state index in [9.17, 15) is 0 Å². The zero-order valence-electron chi connectivity index (χ0n) is 11.5. The molecule has 1 fully saturated rings. The quantitative estimate of drug-likeness (QED) is 0.865. The van der Waals surface area contributed by atoms with Crippen LogP contribution in [0.25, 0.3) is 0 Å². The molecule has 19 heavy (non-hydrogen) atoms. The molecule has 1 aromatic rings. The summed E-state index contributed by atoms with van der Waals surface area (Å²) in [5.41, 5.74) is 7.43. The first-order valence-corrected chi connectivity index (χ1v) is 6.66. The molecular weight excluding hydrogens is 234 g/mol. The van der Waals surface area contributed by atoms with E-state index < -0.39 is 0 Å². The minimum atomic E-state index is 0.620. The fourth-order valence-corrected chi connectivity index (χ4v) is 2.13. The van der Waals surface area contributed by atoms with Crippen molar-refractivity contribution in [3.8, 4) is 0 Å². The fourth-order valence-electron chi connectivity index (χ4n) is 2.13. The Morgan fingerprint density at radius 3 is 2.47 bits per heavy atom. The molecule has 3 rings (SSSR count). The van der Waals surface area contributed by atoms with Crippen molar-refractivity contribution in [1.29, 1.82) is 0 Å². The van der Waals surface area contributed by atoms with Gasteiger partial charge in [0.25, 0.3) is 0 Å². The molecule has 1 saturated carbocycles. The third-order valence-electron chi connectivity index (χ3n) is 3.75. The standard InChI is InChI=1S/C16H19N3/c1-9-7-14(8-17-12(9)4)19-16-11(3)10(2)15(16)18-13-5-6-13/h7-8,13,18-19H,2-3,5-6H2,1,4H3. The topological polar surface area (TPSA) is 37.0 Å². The number of hydrogen-bond donors (Lipinski definition) is 2. The van der Waals surface area contributed by atoms with E-state index in [0.717, 1.165) is 33.9 Å². The zero-order valence-corrected chi connectivity index (χ0v) is 11.5. The van der Waals surface area contributed by atoms with E-state index in [-0.39, 0.29) is 0 Å². The highest BCUT2D eigenvalue weighted by Gasteiger charge is 2.31. The van der Waals surface area contributed by atoms with Crippen LogP contribution in [0.3, 0.4) is 0 Å². The highest BCUT2D eigenvalue weighted by Crippen LogP contribution is 2.38. The van der Waals surface area contributed by atoms with Gasteiger partial charge in [0.1, 0.15) is 0 Å². The predicted octanol–water partition coefficient (Wildman–Crippen LogP) is 3.20. The largest absolute Gasteiger partial charge is 0.380 e. The van der Waals surface area contributed by atoms with Gasteiger partial charge in [-0.15, -0.1) is 0 Å². The minimum Gasteiger partial charge on any atom is -0.380 e. The molecule has 1 aromatic heterocycles. The van der Waals surface area contributed by atoms with Crippen LogP contribution >= 0.6 is 0 Å². The summed E-state index contributed by atoms with van der Waals surface area (Å²) < 4.78 is 0. The van der Waals surface area contributed by atoms with Crippen LogP contribution in [0.15, 0.2) is 48.0 Å². The second-order valence-electron chi connectivity index (χ2n) is 5.38. The lowest BCUT2D eigenvalue weighted by Crippen LogP contribution is -2.29. The molecule has 3 nitrogen and oxygen atoms in total. The Balaban J connectivity index is 1.83. The monoisotopic (exact) mass is 253 g/mol. The van der Waals surface area contributed by atoms with Crippen molar-refractivity contribution in [2.75, 3.05) is 5.32 Å². The third-order valence-corrected chi connectivity index (χ3v) is 3.75. The number of aromatic nitrogens is 1. The summed E-state index contributed by atoms with van der Waals surface area (Å²) in [6.07, 6.45) is 4.36. The highest BCUT2D eigenvalue weighted by atomic mass is 15.0. The number of hydrogen-bond acceptors (Lipinski definition) is 3. The summed E-state index contributed by atoms with van der Waals surface area (Å²) in [6, 6.07) is 2.73. The molecule has 0 aliphatic heterocycles. The number of pyridine rings is 1. The van der Waals surface area contributed by atoms with Crippen molar-refractivity contribution < 1.29 is 0 Å². The number of nitrogens with one attached hydrogen (secondary N) is 2. The van der Waals surface area contributed by atoms with Crippen molar-refractivity contribution in [3.05, 3.63) is 59.2 Å². The summed E-state index contributed by atoms with van der Waals surface area (Å²) in [7, 11) is 0. The van der Waals surface area contributed by atoms with Crippen LogP contribution in [-0.2, 0) is 0 Å². The summed E-state index contributed by atoms with van der Waals surface area (Å²) >= 11 is 0. The molecule has 2 aliphatic carbocycles. The summed E-state index contributed by atoms with van der Waals surface area (Å²) in [5.74, 6) is 0. The Kier molecular flexibility index (Phi) is 2.70. The molecule has 1 heterocycles. The van der Waals surface area contributed by atoms with Gasteiger partial charge in [-0.1, -0.05) is 13.2 Å². The summed E-state index contributed by atoms with van der Waals surface area (Å²) in [5, 5.41) is 6.91. The average Bonchev–Trinajstić information content (AvgIpc) is 3.21. The Bertz CT molecular complexity index is 606. The number of anilines is 1.